The first kappa shape index (κ1) is 15.7. The zero-order valence-electron chi connectivity index (χ0n) is 13.2. The molecule has 4 heteroatoms. The molecule has 0 spiro atoms. The first-order chi connectivity index (χ1) is 9.97. The second-order valence-corrected chi connectivity index (χ2v) is 5.87. The summed E-state index contributed by atoms with van der Waals surface area (Å²) in [5, 5.41) is 1.61. The Morgan fingerprint density at radius 2 is 1.86 bits per heavy atom. The van der Waals surface area contributed by atoms with Gasteiger partial charge in [-0.05, 0) is 43.9 Å². The molecular weight excluding hydrogens is 264 g/mol. The Bertz CT molecular complexity index is 529. The lowest BCUT2D eigenvalue weighted by atomic mass is 9.96. The molecule has 0 atom stereocenters. The molecule has 1 aliphatic rings. The largest absolute Gasteiger partial charge is 0.300 e. The standard InChI is InChI=1S/C17H24N2O2/c1-12-10-13(2)16(14(3)11-12)4-5-17(21)19-9-7-15(20)6-8-18-19/h10-11,18H,4-9H2,1-3H3. The van der Waals surface area contributed by atoms with Gasteiger partial charge in [0.2, 0.25) is 5.91 Å². The minimum atomic E-state index is 0.0732. The molecule has 2 rings (SSSR count). The van der Waals surface area contributed by atoms with Crippen LogP contribution in [0.3, 0.4) is 0 Å². The predicted molar refractivity (Wildman–Crippen MR) is 82.9 cm³/mol. The van der Waals surface area contributed by atoms with Gasteiger partial charge < -0.3 is 0 Å². The Balaban J connectivity index is 1.96. The Hall–Kier alpha value is -1.68. The maximum Gasteiger partial charge on any atom is 0.237 e. The van der Waals surface area contributed by atoms with Crippen molar-refractivity contribution in [2.45, 2.75) is 46.5 Å². The van der Waals surface area contributed by atoms with Crippen LogP contribution in [0, 0.1) is 20.8 Å². The number of carbonyl (C=O) groups is 2. The van der Waals surface area contributed by atoms with E-state index in [2.05, 4.69) is 38.3 Å². The fourth-order valence-corrected chi connectivity index (χ4v) is 2.95. The molecule has 1 aliphatic heterocycles. The smallest absolute Gasteiger partial charge is 0.237 e. The zero-order chi connectivity index (χ0) is 15.4. The number of carbonyl (C=O) groups excluding carboxylic acids is 2. The van der Waals surface area contributed by atoms with E-state index in [0.717, 1.165) is 6.42 Å². The first-order valence-electron chi connectivity index (χ1n) is 7.59. The molecule has 0 bridgehead atoms. The van der Waals surface area contributed by atoms with Crippen LogP contribution in [0.5, 0.6) is 0 Å². The number of benzene rings is 1. The maximum atomic E-state index is 12.3. The lowest BCUT2D eigenvalue weighted by Crippen LogP contribution is -2.42. The van der Waals surface area contributed by atoms with Crippen LogP contribution in [-0.2, 0) is 16.0 Å². The molecule has 1 aromatic carbocycles. The molecule has 1 aromatic rings. The van der Waals surface area contributed by atoms with Gasteiger partial charge in [0.1, 0.15) is 5.78 Å². The van der Waals surface area contributed by atoms with Crippen molar-refractivity contribution in [3.8, 4) is 0 Å². The van der Waals surface area contributed by atoms with Crippen molar-refractivity contribution < 1.29 is 9.59 Å². The third kappa shape index (κ3) is 4.14. The molecule has 1 saturated heterocycles. The monoisotopic (exact) mass is 288 g/mol. The second-order valence-electron chi connectivity index (χ2n) is 5.87. The molecule has 4 nitrogen and oxygen atoms in total. The van der Waals surface area contributed by atoms with Crippen LogP contribution < -0.4 is 5.43 Å². The van der Waals surface area contributed by atoms with Gasteiger partial charge in [-0.15, -0.1) is 0 Å². The highest BCUT2D eigenvalue weighted by Crippen LogP contribution is 2.18. The summed E-state index contributed by atoms with van der Waals surface area (Å²) in [6.45, 7) is 7.34. The molecule has 1 N–H and O–H groups in total. The maximum absolute atomic E-state index is 12.3. The van der Waals surface area contributed by atoms with E-state index in [0.29, 0.717) is 32.4 Å². The zero-order valence-corrected chi connectivity index (χ0v) is 13.2. The van der Waals surface area contributed by atoms with Crippen LogP contribution in [0.1, 0.15) is 41.5 Å². The number of hydrogen-bond donors (Lipinski definition) is 1. The van der Waals surface area contributed by atoms with Crippen molar-refractivity contribution in [3.05, 3.63) is 34.4 Å². The number of ketones is 1. The second kappa shape index (κ2) is 6.85. The molecule has 0 aromatic heterocycles. The van der Waals surface area contributed by atoms with Gasteiger partial charge in [-0.1, -0.05) is 17.7 Å². The number of aryl methyl sites for hydroxylation is 3. The Morgan fingerprint density at radius 1 is 1.19 bits per heavy atom. The molecule has 1 heterocycles. The number of nitrogens with zero attached hydrogens (tertiary/aromatic N) is 1. The molecule has 0 saturated carbocycles. The highest BCUT2D eigenvalue weighted by atomic mass is 16.2. The third-order valence-electron chi connectivity index (χ3n) is 4.05. The quantitative estimate of drug-likeness (QED) is 0.928. The highest BCUT2D eigenvalue weighted by molar-refractivity contribution is 5.81. The van der Waals surface area contributed by atoms with Crippen molar-refractivity contribution >= 4 is 11.7 Å². The van der Waals surface area contributed by atoms with Crippen molar-refractivity contribution in [1.29, 1.82) is 0 Å². The van der Waals surface area contributed by atoms with Crippen molar-refractivity contribution in [2.24, 2.45) is 0 Å². The third-order valence-corrected chi connectivity index (χ3v) is 4.05. The van der Waals surface area contributed by atoms with Gasteiger partial charge in [-0.3, -0.25) is 14.6 Å². The van der Waals surface area contributed by atoms with Gasteiger partial charge in [0, 0.05) is 32.4 Å². The van der Waals surface area contributed by atoms with E-state index < -0.39 is 0 Å². The summed E-state index contributed by atoms with van der Waals surface area (Å²) in [6, 6.07) is 4.32. The average molecular weight is 288 g/mol. The Labute approximate surface area is 126 Å². The molecule has 1 amide bonds. The summed E-state index contributed by atoms with van der Waals surface area (Å²) in [7, 11) is 0. The van der Waals surface area contributed by atoms with E-state index in [1.165, 1.54) is 22.3 Å². The van der Waals surface area contributed by atoms with E-state index >= 15 is 0 Å². The van der Waals surface area contributed by atoms with Gasteiger partial charge in [0.25, 0.3) is 0 Å². The molecular formula is C17H24N2O2. The van der Waals surface area contributed by atoms with Crippen LogP contribution >= 0.6 is 0 Å². The van der Waals surface area contributed by atoms with Crippen molar-refractivity contribution in [2.75, 3.05) is 13.1 Å². The van der Waals surface area contributed by atoms with Crippen LogP contribution in [0.25, 0.3) is 0 Å². The summed E-state index contributed by atoms with van der Waals surface area (Å²) < 4.78 is 0. The molecule has 21 heavy (non-hydrogen) atoms. The summed E-state index contributed by atoms with van der Waals surface area (Å²) in [5.41, 5.74) is 8.07. The topological polar surface area (TPSA) is 49.4 Å². The fraction of sp³-hybridized carbons (Fsp3) is 0.529. The van der Waals surface area contributed by atoms with E-state index in [1.54, 1.807) is 5.01 Å². The Morgan fingerprint density at radius 3 is 2.52 bits per heavy atom. The highest BCUT2D eigenvalue weighted by Gasteiger charge is 2.18. The number of Topliss-reactive ketones (excluding diaryl/α,β-unsaturated/α-hetero) is 1. The van der Waals surface area contributed by atoms with E-state index in [1.807, 2.05) is 0 Å². The van der Waals surface area contributed by atoms with Gasteiger partial charge in [0.15, 0.2) is 0 Å². The van der Waals surface area contributed by atoms with Crippen molar-refractivity contribution in [1.82, 2.24) is 10.4 Å². The van der Waals surface area contributed by atoms with Crippen LogP contribution in [0.15, 0.2) is 12.1 Å². The summed E-state index contributed by atoms with van der Waals surface area (Å²) in [6.07, 6.45) is 2.20. The van der Waals surface area contributed by atoms with Gasteiger partial charge >= 0.3 is 0 Å². The lowest BCUT2D eigenvalue weighted by Gasteiger charge is -2.21. The fourth-order valence-electron chi connectivity index (χ4n) is 2.95. The van der Waals surface area contributed by atoms with Crippen molar-refractivity contribution in [3.63, 3.8) is 0 Å². The normalized spacial score (nSPS) is 16.0. The number of rotatable bonds is 3. The predicted octanol–water partition coefficient (Wildman–Crippen LogP) is 2.24. The number of hydrazine groups is 1. The van der Waals surface area contributed by atoms with E-state index in [-0.39, 0.29) is 11.7 Å². The summed E-state index contributed by atoms with van der Waals surface area (Å²) in [4.78, 5) is 23.6. The van der Waals surface area contributed by atoms with E-state index in [4.69, 9.17) is 0 Å². The first-order valence-corrected chi connectivity index (χ1v) is 7.59. The van der Waals surface area contributed by atoms with Gasteiger partial charge in [0.05, 0.1) is 0 Å². The number of hydrogen-bond acceptors (Lipinski definition) is 3. The molecule has 114 valence electrons. The number of amides is 1. The minimum absolute atomic E-state index is 0.0732. The van der Waals surface area contributed by atoms with Crippen LogP contribution in [0.4, 0.5) is 0 Å². The molecule has 0 unspecified atom stereocenters. The molecule has 1 fully saturated rings. The summed E-state index contributed by atoms with van der Waals surface area (Å²) in [5.74, 6) is 0.298. The number of nitrogens with one attached hydrogen (secondary N) is 1. The SMILES string of the molecule is Cc1cc(C)c(CCC(=O)N2CCC(=O)CCN2)c(C)c1. The Kier molecular flexibility index (Phi) is 5.12. The average Bonchev–Trinajstić information content (AvgIpc) is 2.62. The summed E-state index contributed by atoms with van der Waals surface area (Å²) >= 11 is 0. The van der Waals surface area contributed by atoms with Crippen LogP contribution in [0.2, 0.25) is 0 Å². The lowest BCUT2D eigenvalue weighted by molar-refractivity contribution is -0.134. The molecule has 0 aliphatic carbocycles. The minimum Gasteiger partial charge on any atom is -0.300 e. The molecule has 0 radical (unpaired) electrons. The van der Waals surface area contributed by atoms with Crippen LogP contribution in [-0.4, -0.2) is 29.8 Å². The van der Waals surface area contributed by atoms with Gasteiger partial charge in [-0.2, -0.15) is 0 Å². The van der Waals surface area contributed by atoms with E-state index in [9.17, 15) is 9.59 Å². The van der Waals surface area contributed by atoms with Gasteiger partial charge in [-0.25, -0.2) is 5.43 Å².